The van der Waals surface area contributed by atoms with Crippen molar-refractivity contribution in [3.05, 3.63) is 35.4 Å². The Hall–Kier alpha value is -1.49. The number of hydrogen-bond donors (Lipinski definition) is 2. The molecular formula is C11H14F2N2O. The molecule has 0 radical (unpaired) electrons. The molecule has 0 saturated heterocycles. The normalized spacial score (nSPS) is 12.2. The van der Waals surface area contributed by atoms with Crippen molar-refractivity contribution in [2.45, 2.75) is 19.4 Å². The third-order valence-electron chi connectivity index (χ3n) is 2.29. The maximum absolute atomic E-state index is 13.2. The molecule has 0 heterocycles. The summed E-state index contributed by atoms with van der Waals surface area (Å²) in [5.41, 5.74) is 5.23. The van der Waals surface area contributed by atoms with E-state index in [1.165, 1.54) is 0 Å². The molecule has 0 aromatic heterocycles. The Morgan fingerprint density at radius 2 is 2.19 bits per heavy atom. The highest BCUT2D eigenvalue weighted by molar-refractivity contribution is 5.94. The summed E-state index contributed by atoms with van der Waals surface area (Å²) in [6.45, 7) is 2.14. The first-order valence-corrected chi connectivity index (χ1v) is 5.04. The minimum absolute atomic E-state index is 0.173. The molecule has 3 N–H and O–H groups in total. The molecule has 3 nitrogen and oxygen atoms in total. The highest BCUT2D eigenvalue weighted by Crippen LogP contribution is 2.09. The predicted molar refractivity (Wildman–Crippen MR) is 57.0 cm³/mol. The smallest absolute Gasteiger partial charge is 0.254 e. The average Bonchev–Trinajstić information content (AvgIpc) is 2.25. The van der Waals surface area contributed by atoms with E-state index in [4.69, 9.17) is 5.73 Å². The van der Waals surface area contributed by atoms with Crippen LogP contribution in [0, 0.1) is 11.6 Å². The minimum Gasteiger partial charge on any atom is -0.348 e. The highest BCUT2D eigenvalue weighted by Gasteiger charge is 2.15. The van der Waals surface area contributed by atoms with Crippen molar-refractivity contribution in [2.75, 3.05) is 6.54 Å². The first kappa shape index (κ1) is 12.6. The minimum atomic E-state index is -0.871. The molecule has 0 saturated carbocycles. The van der Waals surface area contributed by atoms with E-state index in [2.05, 4.69) is 5.32 Å². The Balaban J connectivity index is 2.80. The van der Waals surface area contributed by atoms with Gasteiger partial charge in [0.15, 0.2) is 0 Å². The second-order valence-electron chi connectivity index (χ2n) is 3.44. The molecule has 0 aliphatic heterocycles. The Kier molecular flexibility index (Phi) is 4.37. The van der Waals surface area contributed by atoms with Gasteiger partial charge in [-0.05, 0) is 18.6 Å². The van der Waals surface area contributed by atoms with Gasteiger partial charge in [0.05, 0.1) is 5.56 Å². The molecule has 0 bridgehead atoms. The second-order valence-corrected chi connectivity index (χ2v) is 3.44. The predicted octanol–water partition coefficient (Wildman–Crippen LogP) is 1.43. The lowest BCUT2D eigenvalue weighted by molar-refractivity contribution is 0.0933. The summed E-state index contributed by atoms with van der Waals surface area (Å²) in [6, 6.07) is 2.64. The standard InChI is InChI=1S/C11H14F2N2O/c1-2-8(6-14)15-11(16)9-4-3-7(12)5-10(9)13/h3-5,8H,2,6,14H2,1H3,(H,15,16). The monoisotopic (exact) mass is 228 g/mol. The average molecular weight is 228 g/mol. The zero-order valence-corrected chi connectivity index (χ0v) is 8.97. The molecule has 1 rings (SSSR count). The molecule has 1 amide bonds. The zero-order valence-electron chi connectivity index (χ0n) is 8.97. The first-order valence-electron chi connectivity index (χ1n) is 5.04. The van der Waals surface area contributed by atoms with Crippen molar-refractivity contribution < 1.29 is 13.6 Å². The third kappa shape index (κ3) is 3.00. The fourth-order valence-corrected chi connectivity index (χ4v) is 1.26. The Labute approximate surface area is 92.6 Å². The number of rotatable bonds is 4. The van der Waals surface area contributed by atoms with Crippen LogP contribution in [0.3, 0.4) is 0 Å². The number of halogens is 2. The lowest BCUT2D eigenvalue weighted by Crippen LogP contribution is -2.40. The van der Waals surface area contributed by atoms with Crippen LogP contribution in [-0.2, 0) is 0 Å². The van der Waals surface area contributed by atoms with Crippen LogP contribution in [0.2, 0.25) is 0 Å². The maximum Gasteiger partial charge on any atom is 0.254 e. The summed E-state index contributed by atoms with van der Waals surface area (Å²) < 4.78 is 25.8. The van der Waals surface area contributed by atoms with E-state index >= 15 is 0 Å². The number of nitrogens with one attached hydrogen (secondary N) is 1. The third-order valence-corrected chi connectivity index (χ3v) is 2.29. The topological polar surface area (TPSA) is 55.1 Å². The molecule has 1 aromatic carbocycles. The Morgan fingerprint density at radius 3 is 2.69 bits per heavy atom. The fraction of sp³-hybridized carbons (Fsp3) is 0.364. The van der Waals surface area contributed by atoms with Gasteiger partial charge in [0.25, 0.3) is 5.91 Å². The molecule has 0 spiro atoms. The molecule has 0 aliphatic rings. The van der Waals surface area contributed by atoms with Gasteiger partial charge in [0, 0.05) is 18.7 Å². The van der Waals surface area contributed by atoms with E-state index in [-0.39, 0.29) is 18.2 Å². The molecule has 0 aliphatic carbocycles. The number of carbonyl (C=O) groups excluding carboxylic acids is 1. The number of carbonyl (C=O) groups is 1. The van der Waals surface area contributed by atoms with Crippen molar-refractivity contribution in [3.8, 4) is 0 Å². The van der Waals surface area contributed by atoms with Crippen LogP contribution in [0.5, 0.6) is 0 Å². The van der Waals surface area contributed by atoms with Crippen LogP contribution >= 0.6 is 0 Å². The summed E-state index contributed by atoms with van der Waals surface area (Å²) >= 11 is 0. The quantitative estimate of drug-likeness (QED) is 0.819. The van der Waals surface area contributed by atoms with Crippen molar-refractivity contribution in [1.82, 2.24) is 5.32 Å². The van der Waals surface area contributed by atoms with Crippen LogP contribution < -0.4 is 11.1 Å². The number of nitrogens with two attached hydrogens (primary N) is 1. The van der Waals surface area contributed by atoms with Gasteiger partial charge < -0.3 is 11.1 Å². The fourth-order valence-electron chi connectivity index (χ4n) is 1.26. The van der Waals surface area contributed by atoms with Crippen molar-refractivity contribution >= 4 is 5.91 Å². The molecule has 5 heteroatoms. The van der Waals surface area contributed by atoms with Crippen molar-refractivity contribution in [3.63, 3.8) is 0 Å². The van der Waals surface area contributed by atoms with E-state index < -0.39 is 17.5 Å². The van der Waals surface area contributed by atoms with Gasteiger partial charge in [-0.3, -0.25) is 4.79 Å². The molecule has 88 valence electrons. The maximum atomic E-state index is 13.2. The summed E-state index contributed by atoms with van der Waals surface area (Å²) in [6.07, 6.45) is 0.658. The van der Waals surface area contributed by atoms with Crippen LogP contribution in [0.4, 0.5) is 8.78 Å². The molecule has 1 unspecified atom stereocenters. The van der Waals surface area contributed by atoms with E-state index in [1.54, 1.807) is 0 Å². The number of hydrogen-bond acceptors (Lipinski definition) is 2. The molecule has 1 atom stereocenters. The van der Waals surface area contributed by atoms with E-state index in [0.717, 1.165) is 12.1 Å². The van der Waals surface area contributed by atoms with E-state index in [1.807, 2.05) is 6.92 Å². The lowest BCUT2D eigenvalue weighted by atomic mass is 10.1. The van der Waals surface area contributed by atoms with Crippen LogP contribution in [0.25, 0.3) is 0 Å². The van der Waals surface area contributed by atoms with Crippen molar-refractivity contribution in [2.24, 2.45) is 5.73 Å². The zero-order chi connectivity index (χ0) is 12.1. The number of amides is 1. The summed E-state index contributed by atoms with van der Waals surface area (Å²) in [5, 5.41) is 2.57. The Bertz CT molecular complexity index is 378. The molecule has 0 fully saturated rings. The molecular weight excluding hydrogens is 214 g/mol. The second kappa shape index (κ2) is 5.55. The Morgan fingerprint density at radius 1 is 1.50 bits per heavy atom. The van der Waals surface area contributed by atoms with Gasteiger partial charge in [-0.15, -0.1) is 0 Å². The van der Waals surface area contributed by atoms with Gasteiger partial charge in [-0.1, -0.05) is 6.92 Å². The lowest BCUT2D eigenvalue weighted by Gasteiger charge is -2.14. The van der Waals surface area contributed by atoms with Gasteiger partial charge >= 0.3 is 0 Å². The summed E-state index contributed by atoms with van der Waals surface area (Å²) in [5.74, 6) is -2.15. The number of benzene rings is 1. The highest BCUT2D eigenvalue weighted by atomic mass is 19.1. The van der Waals surface area contributed by atoms with E-state index in [9.17, 15) is 13.6 Å². The summed E-state index contributed by atoms with van der Waals surface area (Å²) in [4.78, 5) is 11.6. The first-order chi connectivity index (χ1) is 7.58. The van der Waals surface area contributed by atoms with Gasteiger partial charge in [-0.25, -0.2) is 8.78 Å². The van der Waals surface area contributed by atoms with Crippen LogP contribution in [0.1, 0.15) is 23.7 Å². The van der Waals surface area contributed by atoms with Gasteiger partial charge in [0.1, 0.15) is 11.6 Å². The van der Waals surface area contributed by atoms with E-state index in [0.29, 0.717) is 12.5 Å². The molecule has 16 heavy (non-hydrogen) atoms. The van der Waals surface area contributed by atoms with Gasteiger partial charge in [0.2, 0.25) is 0 Å². The van der Waals surface area contributed by atoms with Gasteiger partial charge in [-0.2, -0.15) is 0 Å². The van der Waals surface area contributed by atoms with Crippen LogP contribution in [-0.4, -0.2) is 18.5 Å². The summed E-state index contributed by atoms with van der Waals surface area (Å²) in [7, 11) is 0. The van der Waals surface area contributed by atoms with Crippen LogP contribution in [0.15, 0.2) is 18.2 Å². The SMILES string of the molecule is CCC(CN)NC(=O)c1ccc(F)cc1F. The molecule has 1 aromatic rings. The van der Waals surface area contributed by atoms with Crippen molar-refractivity contribution in [1.29, 1.82) is 0 Å². The largest absolute Gasteiger partial charge is 0.348 e.